The van der Waals surface area contributed by atoms with Gasteiger partial charge in [0.05, 0.1) is 19.1 Å². The predicted octanol–water partition coefficient (Wildman–Crippen LogP) is 2.20. The highest BCUT2D eigenvalue weighted by Gasteiger charge is 2.18. The van der Waals surface area contributed by atoms with Crippen LogP contribution in [0.4, 0.5) is 0 Å². The highest BCUT2D eigenvalue weighted by Crippen LogP contribution is 2.22. The van der Waals surface area contributed by atoms with E-state index in [4.69, 9.17) is 5.73 Å². The van der Waals surface area contributed by atoms with Crippen LogP contribution in [0.3, 0.4) is 0 Å². The zero-order chi connectivity index (χ0) is 17.4. The van der Waals surface area contributed by atoms with E-state index in [-0.39, 0.29) is 49.3 Å². The predicted molar refractivity (Wildman–Crippen MR) is 100 cm³/mol. The lowest BCUT2D eigenvalue weighted by Gasteiger charge is -2.23. The molecule has 0 aliphatic heterocycles. The number of benzene rings is 1. The van der Waals surface area contributed by atoms with Crippen molar-refractivity contribution in [2.24, 2.45) is 17.6 Å². The molecule has 1 aromatic carbocycles. The van der Waals surface area contributed by atoms with Crippen molar-refractivity contribution in [3.05, 3.63) is 35.4 Å². The van der Waals surface area contributed by atoms with Crippen LogP contribution >= 0.6 is 12.4 Å². The third-order valence-electron chi connectivity index (χ3n) is 3.60. The summed E-state index contributed by atoms with van der Waals surface area (Å²) in [5, 5.41) is 5.46. The monoisotopic (exact) mass is 355 g/mol. The van der Waals surface area contributed by atoms with Crippen LogP contribution in [-0.2, 0) is 16.0 Å². The largest absolute Gasteiger partial charge is 0.348 e. The van der Waals surface area contributed by atoms with Gasteiger partial charge in [0.25, 0.3) is 0 Å². The zero-order valence-electron chi connectivity index (χ0n) is 15.0. The summed E-state index contributed by atoms with van der Waals surface area (Å²) in [4.78, 5) is 23.1. The summed E-state index contributed by atoms with van der Waals surface area (Å²) in [6.07, 6.45) is 1.05. The Labute approximate surface area is 151 Å². The Morgan fingerprint density at radius 3 is 2.08 bits per heavy atom. The van der Waals surface area contributed by atoms with Gasteiger partial charge in [0.2, 0.25) is 11.8 Å². The molecule has 0 saturated heterocycles. The zero-order valence-corrected chi connectivity index (χ0v) is 15.8. The van der Waals surface area contributed by atoms with Crippen LogP contribution in [0.1, 0.15) is 44.9 Å². The van der Waals surface area contributed by atoms with Crippen molar-refractivity contribution in [1.29, 1.82) is 0 Å². The molecule has 1 rings (SSSR count). The first-order valence-corrected chi connectivity index (χ1v) is 8.18. The van der Waals surface area contributed by atoms with E-state index in [9.17, 15) is 9.59 Å². The Morgan fingerprint density at radius 1 is 1.04 bits per heavy atom. The summed E-state index contributed by atoms with van der Waals surface area (Å²) < 4.78 is 0. The highest BCUT2D eigenvalue weighted by atomic mass is 35.5. The van der Waals surface area contributed by atoms with Crippen molar-refractivity contribution in [1.82, 2.24) is 10.6 Å². The average molecular weight is 356 g/mol. The summed E-state index contributed by atoms with van der Waals surface area (Å²) in [7, 11) is 0. The van der Waals surface area contributed by atoms with Crippen LogP contribution in [0.15, 0.2) is 24.3 Å². The minimum absolute atomic E-state index is 0. The van der Waals surface area contributed by atoms with E-state index in [1.165, 1.54) is 5.56 Å². The smallest absolute Gasteiger partial charge is 0.239 e. The van der Waals surface area contributed by atoms with E-state index in [0.717, 1.165) is 12.0 Å². The van der Waals surface area contributed by atoms with Crippen molar-refractivity contribution in [3.63, 3.8) is 0 Å². The molecule has 0 aliphatic rings. The fourth-order valence-electron chi connectivity index (χ4n) is 2.44. The van der Waals surface area contributed by atoms with Crippen molar-refractivity contribution in [2.45, 2.75) is 40.2 Å². The fraction of sp³-hybridized carbons (Fsp3) is 0.556. The molecular formula is C18H30ClN3O2. The van der Waals surface area contributed by atoms with Gasteiger partial charge in [-0.2, -0.15) is 0 Å². The van der Waals surface area contributed by atoms with E-state index < -0.39 is 0 Å². The number of rotatable bonds is 8. The van der Waals surface area contributed by atoms with Crippen molar-refractivity contribution < 1.29 is 9.59 Å². The van der Waals surface area contributed by atoms with Crippen LogP contribution in [0.2, 0.25) is 0 Å². The van der Waals surface area contributed by atoms with Gasteiger partial charge in [0, 0.05) is 0 Å². The van der Waals surface area contributed by atoms with Crippen LogP contribution in [0, 0.1) is 11.8 Å². The molecule has 0 fully saturated rings. The van der Waals surface area contributed by atoms with Crippen molar-refractivity contribution in [3.8, 4) is 0 Å². The first-order valence-electron chi connectivity index (χ1n) is 8.18. The number of hydrogen-bond donors (Lipinski definition) is 3. The average Bonchev–Trinajstić information content (AvgIpc) is 2.50. The molecule has 0 saturated carbocycles. The van der Waals surface area contributed by atoms with Gasteiger partial charge in [0.1, 0.15) is 0 Å². The standard InChI is InChI=1S/C18H29N3O2.ClH/c1-12(2)9-14-5-7-15(8-6-14)18(13(3)4)21-17(23)11-20-16(22)10-19;/h5-8,12-13,18H,9-11,19H2,1-4H3,(H,20,22)(H,21,23);1H. The molecule has 6 heteroatoms. The number of nitrogens with one attached hydrogen (secondary N) is 2. The summed E-state index contributed by atoms with van der Waals surface area (Å²) in [5.74, 6) is 0.323. The fourth-order valence-corrected chi connectivity index (χ4v) is 2.44. The first kappa shape index (κ1) is 22.4. The minimum Gasteiger partial charge on any atom is -0.348 e. The SMILES string of the molecule is CC(C)Cc1ccc(C(NC(=O)CNC(=O)CN)C(C)C)cc1.Cl. The Morgan fingerprint density at radius 2 is 1.62 bits per heavy atom. The normalized spacial score (nSPS) is 11.8. The molecule has 24 heavy (non-hydrogen) atoms. The third kappa shape index (κ3) is 7.79. The summed E-state index contributed by atoms with van der Waals surface area (Å²) in [5.41, 5.74) is 7.58. The maximum absolute atomic E-state index is 12.0. The lowest BCUT2D eigenvalue weighted by molar-refractivity contribution is -0.126. The van der Waals surface area contributed by atoms with Gasteiger partial charge in [-0.15, -0.1) is 12.4 Å². The van der Waals surface area contributed by atoms with E-state index in [1.807, 2.05) is 0 Å². The lowest BCUT2D eigenvalue weighted by Crippen LogP contribution is -2.41. The van der Waals surface area contributed by atoms with Crippen molar-refractivity contribution in [2.75, 3.05) is 13.1 Å². The molecule has 1 aromatic rings. The van der Waals surface area contributed by atoms with Crippen LogP contribution in [0.5, 0.6) is 0 Å². The number of carbonyl (C=O) groups excluding carboxylic acids is 2. The van der Waals surface area contributed by atoms with Gasteiger partial charge in [-0.05, 0) is 29.4 Å². The van der Waals surface area contributed by atoms with Gasteiger partial charge in [-0.3, -0.25) is 9.59 Å². The Kier molecular flexibility index (Phi) is 10.3. The number of amides is 2. The second-order valence-electron chi connectivity index (χ2n) is 6.61. The minimum atomic E-state index is -0.334. The molecule has 0 spiro atoms. The van der Waals surface area contributed by atoms with Crippen LogP contribution in [0.25, 0.3) is 0 Å². The molecule has 4 N–H and O–H groups in total. The van der Waals surface area contributed by atoms with Gasteiger partial charge < -0.3 is 16.4 Å². The van der Waals surface area contributed by atoms with Crippen LogP contribution in [-0.4, -0.2) is 24.9 Å². The number of carbonyl (C=O) groups is 2. The Hall–Kier alpha value is -1.59. The molecule has 0 heterocycles. The molecule has 0 bridgehead atoms. The second kappa shape index (κ2) is 11.0. The Balaban J connectivity index is 0.00000529. The van der Waals surface area contributed by atoms with Gasteiger partial charge in [-0.1, -0.05) is 52.0 Å². The number of hydrogen-bond acceptors (Lipinski definition) is 3. The Bertz CT molecular complexity index is 516. The quantitative estimate of drug-likeness (QED) is 0.668. The number of nitrogens with two attached hydrogens (primary N) is 1. The highest BCUT2D eigenvalue weighted by molar-refractivity contribution is 5.86. The van der Waals surface area contributed by atoms with Crippen LogP contribution < -0.4 is 16.4 Å². The van der Waals surface area contributed by atoms with Gasteiger partial charge in [0.15, 0.2) is 0 Å². The molecule has 2 amide bonds. The molecule has 1 unspecified atom stereocenters. The third-order valence-corrected chi connectivity index (χ3v) is 3.60. The molecule has 1 atom stereocenters. The molecule has 0 aliphatic carbocycles. The molecule has 0 aromatic heterocycles. The second-order valence-corrected chi connectivity index (χ2v) is 6.61. The van der Waals surface area contributed by atoms with Gasteiger partial charge >= 0.3 is 0 Å². The van der Waals surface area contributed by atoms with E-state index >= 15 is 0 Å². The summed E-state index contributed by atoms with van der Waals surface area (Å²) in [6.45, 7) is 8.35. The van der Waals surface area contributed by atoms with Crippen molar-refractivity contribution >= 4 is 24.2 Å². The van der Waals surface area contributed by atoms with Gasteiger partial charge in [-0.25, -0.2) is 0 Å². The van der Waals surface area contributed by atoms with E-state index in [1.54, 1.807) is 0 Å². The molecule has 136 valence electrons. The maximum Gasteiger partial charge on any atom is 0.239 e. The molecular weight excluding hydrogens is 326 g/mol. The lowest BCUT2D eigenvalue weighted by atomic mass is 9.93. The summed E-state index contributed by atoms with van der Waals surface area (Å²) in [6, 6.07) is 8.30. The molecule has 5 nitrogen and oxygen atoms in total. The topological polar surface area (TPSA) is 84.2 Å². The molecule has 0 radical (unpaired) electrons. The van der Waals surface area contributed by atoms with E-state index in [0.29, 0.717) is 5.92 Å². The number of halogens is 1. The summed E-state index contributed by atoms with van der Waals surface area (Å²) >= 11 is 0. The maximum atomic E-state index is 12.0. The first-order chi connectivity index (χ1) is 10.8. The van der Waals surface area contributed by atoms with E-state index in [2.05, 4.69) is 62.6 Å².